The normalized spacial score (nSPS) is 17.7. The number of benzene rings is 2. The third kappa shape index (κ3) is 4.15. The number of primary amides is 1. The van der Waals surface area contributed by atoms with E-state index >= 15 is 0 Å². The van der Waals surface area contributed by atoms with Crippen molar-refractivity contribution in [3.05, 3.63) is 95.7 Å². The third-order valence-electron chi connectivity index (χ3n) is 5.56. The van der Waals surface area contributed by atoms with E-state index in [0.717, 1.165) is 21.6 Å². The van der Waals surface area contributed by atoms with Crippen molar-refractivity contribution < 1.29 is 14.4 Å². The van der Waals surface area contributed by atoms with Crippen LogP contribution in [0, 0.1) is 5.92 Å². The zero-order valence-corrected chi connectivity index (χ0v) is 17.2. The first kappa shape index (κ1) is 21.0. The van der Waals surface area contributed by atoms with E-state index in [4.69, 9.17) is 11.5 Å². The van der Waals surface area contributed by atoms with E-state index in [0.29, 0.717) is 5.82 Å². The molecule has 32 heavy (non-hydrogen) atoms. The zero-order valence-electron chi connectivity index (χ0n) is 17.2. The number of nitrogens with one attached hydrogen (secondary N) is 1. The lowest BCUT2D eigenvalue weighted by Crippen LogP contribution is -2.70. The lowest BCUT2D eigenvalue weighted by atomic mass is 9.82. The Morgan fingerprint density at radius 1 is 1.00 bits per heavy atom. The fourth-order valence-electron chi connectivity index (χ4n) is 4.02. The van der Waals surface area contributed by atoms with Crippen LogP contribution in [0.2, 0.25) is 0 Å². The molecule has 2 atom stereocenters. The van der Waals surface area contributed by atoms with Gasteiger partial charge in [-0.2, -0.15) is 0 Å². The van der Waals surface area contributed by atoms with Gasteiger partial charge < -0.3 is 16.8 Å². The van der Waals surface area contributed by atoms with Gasteiger partial charge in [0.15, 0.2) is 0 Å². The Morgan fingerprint density at radius 2 is 1.59 bits per heavy atom. The van der Waals surface area contributed by atoms with E-state index in [2.05, 4.69) is 10.3 Å². The molecule has 0 radical (unpaired) electrons. The predicted molar refractivity (Wildman–Crippen MR) is 119 cm³/mol. The summed E-state index contributed by atoms with van der Waals surface area (Å²) >= 11 is 0. The first-order chi connectivity index (χ1) is 15.5. The summed E-state index contributed by atoms with van der Waals surface area (Å²) in [6, 6.07) is 19.9. The summed E-state index contributed by atoms with van der Waals surface area (Å²) in [6.45, 7) is 0. The number of β-lactam (4-membered cyclic amide) rings is 1. The summed E-state index contributed by atoms with van der Waals surface area (Å²) in [5, 5.41) is 2.89. The van der Waals surface area contributed by atoms with Gasteiger partial charge in [0.2, 0.25) is 11.8 Å². The SMILES string of the molecule is NC(=O)C1[C@@H](Cc2ccnc(N)c2)C(=O)N1C(=O)NC(c1ccccc1)c1ccccc1. The Morgan fingerprint density at radius 3 is 2.12 bits per heavy atom. The minimum Gasteiger partial charge on any atom is -0.384 e. The molecule has 3 aromatic rings. The van der Waals surface area contributed by atoms with Crippen LogP contribution in [-0.2, 0) is 16.0 Å². The number of nitrogens with two attached hydrogens (primary N) is 2. The highest BCUT2D eigenvalue weighted by molar-refractivity contribution is 6.08. The van der Waals surface area contributed by atoms with E-state index in [9.17, 15) is 14.4 Å². The molecule has 1 aromatic heterocycles. The number of aromatic nitrogens is 1. The molecule has 5 N–H and O–H groups in total. The van der Waals surface area contributed by atoms with Crippen molar-refractivity contribution in [3.8, 4) is 0 Å². The van der Waals surface area contributed by atoms with Crippen LogP contribution in [0.4, 0.5) is 10.6 Å². The molecule has 1 aliphatic heterocycles. The Hall–Kier alpha value is -4.20. The summed E-state index contributed by atoms with van der Waals surface area (Å²) in [5.74, 6) is -1.61. The summed E-state index contributed by atoms with van der Waals surface area (Å²) in [7, 11) is 0. The van der Waals surface area contributed by atoms with Gasteiger partial charge in [0.1, 0.15) is 11.9 Å². The maximum absolute atomic E-state index is 13.1. The van der Waals surface area contributed by atoms with Gasteiger partial charge in [-0.25, -0.2) is 9.78 Å². The van der Waals surface area contributed by atoms with E-state index < -0.39 is 35.8 Å². The molecule has 1 fully saturated rings. The van der Waals surface area contributed by atoms with Crippen LogP contribution in [0.3, 0.4) is 0 Å². The van der Waals surface area contributed by atoms with Crippen LogP contribution in [0.25, 0.3) is 0 Å². The maximum Gasteiger partial charge on any atom is 0.325 e. The molecule has 0 spiro atoms. The van der Waals surface area contributed by atoms with Gasteiger partial charge in [-0.15, -0.1) is 0 Å². The van der Waals surface area contributed by atoms with Crippen LogP contribution >= 0.6 is 0 Å². The number of carbonyl (C=O) groups excluding carboxylic acids is 3. The molecule has 0 aliphatic carbocycles. The monoisotopic (exact) mass is 429 g/mol. The number of likely N-dealkylation sites (tertiary alicyclic amines) is 1. The number of hydrogen-bond acceptors (Lipinski definition) is 5. The Bertz CT molecular complexity index is 1100. The van der Waals surface area contributed by atoms with Gasteiger partial charge >= 0.3 is 6.03 Å². The number of urea groups is 1. The van der Waals surface area contributed by atoms with Crippen LogP contribution in [0.5, 0.6) is 0 Å². The van der Waals surface area contributed by atoms with Gasteiger partial charge in [0.05, 0.1) is 12.0 Å². The van der Waals surface area contributed by atoms with Crippen molar-refractivity contribution >= 4 is 23.7 Å². The lowest BCUT2D eigenvalue weighted by molar-refractivity contribution is -0.156. The first-order valence-electron chi connectivity index (χ1n) is 10.2. The third-order valence-corrected chi connectivity index (χ3v) is 5.56. The van der Waals surface area contributed by atoms with E-state index in [1.165, 1.54) is 6.20 Å². The second kappa shape index (κ2) is 8.89. The maximum atomic E-state index is 13.1. The number of imide groups is 1. The quantitative estimate of drug-likeness (QED) is 0.516. The second-order valence-electron chi connectivity index (χ2n) is 7.66. The van der Waals surface area contributed by atoms with Crippen molar-refractivity contribution in [2.45, 2.75) is 18.5 Å². The number of rotatable bonds is 6. The number of hydrogen-bond donors (Lipinski definition) is 3. The van der Waals surface area contributed by atoms with Crippen LogP contribution in [0.15, 0.2) is 79.0 Å². The average Bonchev–Trinajstić information content (AvgIpc) is 2.80. The Labute approximate surface area is 185 Å². The minimum atomic E-state index is -1.04. The van der Waals surface area contributed by atoms with Crippen molar-refractivity contribution in [2.75, 3.05) is 5.73 Å². The molecule has 8 heteroatoms. The number of pyridine rings is 1. The standard InChI is InChI=1S/C24H23N5O3/c25-19-14-15(11-12-27-19)13-18-21(22(26)30)29(23(18)31)24(32)28-20(16-7-3-1-4-8-16)17-9-5-2-6-10-17/h1-12,14,18,20-21H,13H2,(H2,25,27)(H2,26,30)(H,28,32)/t18-,21?/m1/s1. The largest absolute Gasteiger partial charge is 0.384 e. The Kier molecular flexibility index (Phi) is 5.85. The van der Waals surface area contributed by atoms with Crippen LogP contribution < -0.4 is 16.8 Å². The molecule has 1 aliphatic rings. The molecular formula is C24H23N5O3. The molecular weight excluding hydrogens is 406 g/mol. The topological polar surface area (TPSA) is 131 Å². The fourth-order valence-corrected chi connectivity index (χ4v) is 4.02. The minimum absolute atomic E-state index is 0.240. The smallest absolute Gasteiger partial charge is 0.325 e. The second-order valence-corrected chi connectivity index (χ2v) is 7.66. The summed E-state index contributed by atoms with van der Waals surface area (Å²) in [5.41, 5.74) is 13.7. The molecule has 1 saturated heterocycles. The zero-order chi connectivity index (χ0) is 22.7. The molecule has 0 bridgehead atoms. The average molecular weight is 429 g/mol. The highest BCUT2D eigenvalue weighted by Crippen LogP contribution is 2.31. The van der Waals surface area contributed by atoms with E-state index in [1.54, 1.807) is 12.1 Å². The number of nitrogen functional groups attached to an aromatic ring is 1. The van der Waals surface area contributed by atoms with Gasteiger partial charge in [0.25, 0.3) is 0 Å². The van der Waals surface area contributed by atoms with Gasteiger partial charge in [0, 0.05) is 6.20 Å². The summed E-state index contributed by atoms with van der Waals surface area (Å²) in [4.78, 5) is 43.0. The van der Waals surface area contributed by atoms with E-state index in [1.807, 2.05) is 60.7 Å². The van der Waals surface area contributed by atoms with Gasteiger partial charge in [-0.05, 0) is 35.2 Å². The van der Waals surface area contributed by atoms with Crippen molar-refractivity contribution in [3.63, 3.8) is 0 Å². The van der Waals surface area contributed by atoms with Crippen LogP contribution in [-0.4, -0.2) is 33.8 Å². The molecule has 2 heterocycles. The molecule has 162 valence electrons. The van der Waals surface area contributed by atoms with Crippen LogP contribution in [0.1, 0.15) is 22.7 Å². The lowest BCUT2D eigenvalue weighted by Gasteiger charge is -2.44. The Balaban J connectivity index is 1.56. The van der Waals surface area contributed by atoms with Crippen molar-refractivity contribution in [2.24, 2.45) is 11.7 Å². The number of anilines is 1. The molecule has 4 rings (SSSR count). The molecule has 1 unspecified atom stereocenters. The van der Waals surface area contributed by atoms with E-state index in [-0.39, 0.29) is 6.42 Å². The van der Waals surface area contributed by atoms with Gasteiger partial charge in [-0.3, -0.25) is 14.5 Å². The molecule has 4 amide bonds. The first-order valence-corrected chi connectivity index (χ1v) is 10.2. The summed E-state index contributed by atoms with van der Waals surface area (Å²) < 4.78 is 0. The summed E-state index contributed by atoms with van der Waals surface area (Å²) in [6.07, 6.45) is 1.77. The number of carbonyl (C=O) groups is 3. The molecule has 0 saturated carbocycles. The predicted octanol–water partition coefficient (Wildman–Crippen LogP) is 2.02. The number of nitrogens with zero attached hydrogens (tertiary/aromatic N) is 2. The van der Waals surface area contributed by atoms with Gasteiger partial charge in [-0.1, -0.05) is 60.7 Å². The van der Waals surface area contributed by atoms with Crippen molar-refractivity contribution in [1.29, 1.82) is 0 Å². The molecule has 8 nitrogen and oxygen atoms in total. The highest BCUT2D eigenvalue weighted by Gasteiger charge is 2.53. The molecule has 2 aromatic carbocycles. The van der Waals surface area contributed by atoms with Crippen molar-refractivity contribution in [1.82, 2.24) is 15.2 Å². The fraction of sp³-hybridized carbons (Fsp3) is 0.167. The highest BCUT2D eigenvalue weighted by atomic mass is 16.2. The number of amides is 4.